The first-order valence-electron chi connectivity index (χ1n) is 4.18. The van der Waals surface area contributed by atoms with Crippen molar-refractivity contribution in [2.45, 2.75) is 13.8 Å². The van der Waals surface area contributed by atoms with Gasteiger partial charge in [-0.3, -0.25) is 4.72 Å². The minimum absolute atomic E-state index is 0.257. The maximum Gasteiger partial charge on any atom is 0.222 e. The lowest BCUT2D eigenvalue weighted by Crippen LogP contribution is -2.01. The molecule has 1 rings (SSSR count). The van der Waals surface area contributed by atoms with Crippen molar-refractivity contribution < 1.29 is 8.42 Å². The minimum atomic E-state index is -2.74. The molecule has 0 saturated carbocycles. The van der Waals surface area contributed by atoms with Crippen LogP contribution >= 0.6 is 11.6 Å². The molecule has 0 amide bonds. The van der Waals surface area contributed by atoms with Crippen LogP contribution in [0.15, 0.2) is 6.07 Å². The molecule has 82 valence electrons. The Balaban J connectivity index is 3.42. The van der Waals surface area contributed by atoms with Crippen LogP contribution in [0, 0.1) is 19.3 Å². The zero-order valence-electron chi connectivity index (χ0n) is 8.30. The Hall–Kier alpha value is -1.07. The summed E-state index contributed by atoms with van der Waals surface area (Å²) in [6.45, 7) is 3.67. The van der Waals surface area contributed by atoms with E-state index in [-0.39, 0.29) is 5.02 Å². The Morgan fingerprint density at radius 1 is 1.47 bits per heavy atom. The smallest absolute Gasteiger partial charge is 0.222 e. The SMILES string of the molecule is Cc1cc(N[SH](=O)=O)c(Cl)c(C=N)c1C. The molecule has 0 aliphatic heterocycles. The molecule has 1 aromatic rings. The fourth-order valence-electron chi connectivity index (χ4n) is 1.26. The highest BCUT2D eigenvalue weighted by Gasteiger charge is 2.10. The first-order chi connectivity index (χ1) is 6.97. The molecule has 0 aliphatic carbocycles. The van der Waals surface area contributed by atoms with E-state index in [2.05, 4.69) is 4.72 Å². The molecule has 0 radical (unpaired) electrons. The second kappa shape index (κ2) is 4.63. The zero-order valence-corrected chi connectivity index (χ0v) is 9.95. The van der Waals surface area contributed by atoms with Gasteiger partial charge in [0.25, 0.3) is 0 Å². The summed E-state index contributed by atoms with van der Waals surface area (Å²) in [5.74, 6) is 0. The number of rotatable bonds is 3. The quantitative estimate of drug-likeness (QED) is 0.563. The van der Waals surface area contributed by atoms with Crippen LogP contribution in [-0.2, 0) is 10.9 Å². The number of hydrogen-bond acceptors (Lipinski definition) is 3. The van der Waals surface area contributed by atoms with Crippen LogP contribution in [0.3, 0.4) is 0 Å². The summed E-state index contributed by atoms with van der Waals surface area (Å²) < 4.78 is 23.3. The largest absolute Gasteiger partial charge is 0.308 e. The van der Waals surface area contributed by atoms with E-state index in [0.717, 1.165) is 17.3 Å². The third kappa shape index (κ3) is 2.49. The lowest BCUT2D eigenvalue weighted by atomic mass is 10.0. The lowest BCUT2D eigenvalue weighted by molar-refractivity contribution is 0.619. The number of nitrogens with one attached hydrogen (secondary N) is 2. The van der Waals surface area contributed by atoms with Crippen molar-refractivity contribution in [2.24, 2.45) is 0 Å². The van der Waals surface area contributed by atoms with Crippen molar-refractivity contribution in [2.75, 3.05) is 4.72 Å². The molecular formula is C9H11ClN2O2S. The van der Waals surface area contributed by atoms with E-state index < -0.39 is 10.9 Å². The van der Waals surface area contributed by atoms with Gasteiger partial charge in [0.15, 0.2) is 0 Å². The van der Waals surface area contributed by atoms with Gasteiger partial charge in [-0.2, -0.15) is 0 Å². The summed E-state index contributed by atoms with van der Waals surface area (Å²) in [5.41, 5.74) is 2.62. The molecular weight excluding hydrogens is 236 g/mol. The normalized spacial score (nSPS) is 10.4. The molecule has 0 aromatic heterocycles. The van der Waals surface area contributed by atoms with Gasteiger partial charge in [0.05, 0.1) is 10.7 Å². The van der Waals surface area contributed by atoms with Crippen molar-refractivity contribution >= 4 is 34.4 Å². The summed E-state index contributed by atoms with van der Waals surface area (Å²) in [5, 5.41) is 7.47. The summed E-state index contributed by atoms with van der Waals surface area (Å²) >= 11 is 5.95. The van der Waals surface area contributed by atoms with Crippen LogP contribution in [-0.4, -0.2) is 14.6 Å². The maximum atomic E-state index is 10.5. The van der Waals surface area contributed by atoms with E-state index in [1.165, 1.54) is 0 Å². The zero-order chi connectivity index (χ0) is 11.6. The average molecular weight is 247 g/mol. The minimum Gasteiger partial charge on any atom is -0.308 e. The van der Waals surface area contributed by atoms with Gasteiger partial charge < -0.3 is 5.41 Å². The van der Waals surface area contributed by atoms with Crippen molar-refractivity contribution in [1.82, 2.24) is 0 Å². The third-order valence-electron chi connectivity index (χ3n) is 2.19. The van der Waals surface area contributed by atoms with E-state index in [0.29, 0.717) is 11.3 Å². The van der Waals surface area contributed by atoms with Gasteiger partial charge in [-0.1, -0.05) is 11.6 Å². The number of halogens is 1. The molecule has 0 fully saturated rings. The number of hydrogen-bond donors (Lipinski definition) is 3. The van der Waals surface area contributed by atoms with Gasteiger partial charge in [-0.05, 0) is 31.0 Å². The third-order valence-corrected chi connectivity index (χ3v) is 3.02. The van der Waals surface area contributed by atoms with Gasteiger partial charge in [-0.25, -0.2) is 8.42 Å². The Labute approximate surface area is 94.9 Å². The molecule has 1 aromatic carbocycles. The van der Waals surface area contributed by atoms with Gasteiger partial charge >= 0.3 is 0 Å². The van der Waals surface area contributed by atoms with Crippen LogP contribution in [0.4, 0.5) is 5.69 Å². The molecule has 0 unspecified atom stereocenters. The van der Waals surface area contributed by atoms with Gasteiger partial charge in [-0.15, -0.1) is 0 Å². The summed E-state index contributed by atoms with van der Waals surface area (Å²) in [7, 11) is -2.74. The highest BCUT2D eigenvalue weighted by molar-refractivity contribution is 7.73. The molecule has 0 saturated heterocycles. The molecule has 4 nitrogen and oxygen atoms in total. The molecule has 0 bridgehead atoms. The molecule has 0 atom stereocenters. The summed E-state index contributed by atoms with van der Waals surface area (Å²) in [4.78, 5) is 0. The standard InChI is InChI=1S/C9H11ClN2O2S/c1-5-3-8(12-15(13)14)9(10)7(4-11)6(5)2/h3-4,11,15H,1-2H3,(H,12,13,14). The van der Waals surface area contributed by atoms with Crippen LogP contribution in [0.2, 0.25) is 5.02 Å². The van der Waals surface area contributed by atoms with E-state index in [1.54, 1.807) is 6.07 Å². The highest BCUT2D eigenvalue weighted by atomic mass is 35.5. The fraction of sp³-hybridized carbons (Fsp3) is 0.222. The van der Waals surface area contributed by atoms with Crippen molar-refractivity contribution in [3.63, 3.8) is 0 Å². The van der Waals surface area contributed by atoms with E-state index in [4.69, 9.17) is 17.0 Å². The van der Waals surface area contributed by atoms with Crippen molar-refractivity contribution in [3.05, 3.63) is 27.8 Å². The number of thiol groups is 1. The molecule has 0 aliphatic rings. The van der Waals surface area contributed by atoms with E-state index in [9.17, 15) is 8.42 Å². The number of aryl methyl sites for hydroxylation is 1. The van der Waals surface area contributed by atoms with Crippen LogP contribution in [0.1, 0.15) is 16.7 Å². The van der Waals surface area contributed by atoms with Crippen molar-refractivity contribution in [1.29, 1.82) is 5.41 Å². The molecule has 6 heteroatoms. The Bertz CT molecular complexity index is 475. The van der Waals surface area contributed by atoms with E-state index >= 15 is 0 Å². The molecule has 2 N–H and O–H groups in total. The maximum absolute atomic E-state index is 10.5. The second-order valence-electron chi connectivity index (χ2n) is 3.11. The predicted molar refractivity (Wildman–Crippen MR) is 62.7 cm³/mol. The van der Waals surface area contributed by atoms with Crippen LogP contribution < -0.4 is 4.72 Å². The first-order valence-corrected chi connectivity index (χ1v) is 5.74. The monoisotopic (exact) mass is 246 g/mol. The first kappa shape index (κ1) is 12.0. The molecule has 15 heavy (non-hydrogen) atoms. The Kier molecular flexibility index (Phi) is 3.71. The topological polar surface area (TPSA) is 70.0 Å². The van der Waals surface area contributed by atoms with Crippen LogP contribution in [0.5, 0.6) is 0 Å². The van der Waals surface area contributed by atoms with Gasteiger partial charge in [0.1, 0.15) is 0 Å². The highest BCUT2D eigenvalue weighted by Crippen LogP contribution is 2.29. The van der Waals surface area contributed by atoms with Crippen LogP contribution in [0.25, 0.3) is 0 Å². The average Bonchev–Trinajstić information content (AvgIpc) is 2.14. The Morgan fingerprint density at radius 3 is 2.53 bits per heavy atom. The predicted octanol–water partition coefficient (Wildman–Crippen LogP) is 1.89. The number of anilines is 1. The fourth-order valence-corrected chi connectivity index (χ4v) is 2.00. The van der Waals surface area contributed by atoms with Crippen molar-refractivity contribution in [3.8, 4) is 0 Å². The van der Waals surface area contributed by atoms with Gasteiger partial charge in [0, 0.05) is 11.8 Å². The molecule has 0 spiro atoms. The second-order valence-corrected chi connectivity index (χ2v) is 4.22. The van der Waals surface area contributed by atoms with E-state index in [1.807, 2.05) is 13.8 Å². The summed E-state index contributed by atoms with van der Waals surface area (Å²) in [6.07, 6.45) is 1.12. The Morgan fingerprint density at radius 2 is 2.07 bits per heavy atom. The van der Waals surface area contributed by atoms with Gasteiger partial charge in [0.2, 0.25) is 10.9 Å². The summed E-state index contributed by atoms with van der Waals surface area (Å²) in [6, 6.07) is 1.65. The number of benzene rings is 1. The molecule has 0 heterocycles. The lowest BCUT2D eigenvalue weighted by Gasteiger charge is -2.11.